The number of carbonyl (C=O) groups is 2. The molecule has 0 saturated heterocycles. The molecule has 6 N–H and O–H groups in total. The van der Waals surface area contributed by atoms with E-state index in [1.165, 1.54) is 0 Å². The molecule has 0 aliphatic carbocycles. The molecule has 0 radical (unpaired) electrons. The first-order valence-electron chi connectivity index (χ1n) is 4.24. The number of nitrogens with zero attached hydrogens (tertiary/aromatic N) is 1. The molecule has 17 heavy (non-hydrogen) atoms. The Morgan fingerprint density at radius 1 is 1.41 bits per heavy atom. The summed E-state index contributed by atoms with van der Waals surface area (Å²) in [6, 6.07) is 1.77. The van der Waals surface area contributed by atoms with Crippen LogP contribution in [0.25, 0.3) is 0 Å². The standard InChI is InChI=1S/C4H5N3.C4H6O6/c5-4-6-2-1-3-7-4;5-1(3(7)8)2(6)4(9)10/h1-3H,(H2,5,6,7);1-2,5-6H,(H,7,8)(H,9,10). The third kappa shape index (κ3) is 6.02. The fourth-order valence-corrected chi connectivity index (χ4v) is 0.601. The van der Waals surface area contributed by atoms with E-state index in [2.05, 4.69) is 9.97 Å². The van der Waals surface area contributed by atoms with E-state index in [1.54, 1.807) is 18.5 Å². The number of nitrogens with one attached hydrogen (secondary N) is 1. The maximum Gasteiger partial charge on any atom is 0.386 e. The van der Waals surface area contributed by atoms with Crippen LogP contribution in [0.1, 0.15) is 0 Å². The molecule has 1 rings (SSSR count). The molecule has 1 aromatic heterocycles. The second kappa shape index (κ2) is 7.09. The third-order valence-electron chi connectivity index (χ3n) is 1.42. The van der Waals surface area contributed by atoms with E-state index < -0.39 is 24.1 Å². The number of hydrogen-bond acceptors (Lipinski definition) is 7. The highest BCUT2D eigenvalue weighted by molar-refractivity contribution is 5.81. The van der Waals surface area contributed by atoms with Crippen LogP contribution in [0.5, 0.6) is 0 Å². The number of hydrogen-bond donors (Lipinski definition) is 4. The van der Waals surface area contributed by atoms with Gasteiger partial charge in [-0.1, -0.05) is 4.98 Å². The Balaban J connectivity index is 0.000000318. The van der Waals surface area contributed by atoms with Gasteiger partial charge in [0, 0.05) is 6.07 Å². The van der Waals surface area contributed by atoms with E-state index in [4.69, 9.17) is 21.1 Å². The zero-order valence-electron chi connectivity index (χ0n) is 8.48. The van der Waals surface area contributed by atoms with Gasteiger partial charge in [-0.2, -0.15) is 0 Å². The van der Waals surface area contributed by atoms with Crippen LogP contribution in [0.2, 0.25) is 0 Å². The number of carboxylic acid groups (broad SMARTS) is 2. The van der Waals surface area contributed by atoms with Crippen LogP contribution in [0, 0.1) is 0 Å². The highest BCUT2D eigenvalue weighted by Gasteiger charge is 2.23. The summed E-state index contributed by atoms with van der Waals surface area (Å²) in [4.78, 5) is 25.8. The van der Waals surface area contributed by atoms with Gasteiger partial charge in [0.15, 0.2) is 6.10 Å². The van der Waals surface area contributed by atoms with Crippen molar-refractivity contribution in [2.75, 3.05) is 5.73 Å². The number of carboxylic acids is 2. The van der Waals surface area contributed by atoms with Crippen LogP contribution in [-0.4, -0.2) is 44.5 Å². The first-order valence-corrected chi connectivity index (χ1v) is 4.24. The molecule has 0 spiro atoms. The molecule has 9 nitrogen and oxygen atoms in total. The number of aliphatic hydroxyl groups excluding tert-OH is 2. The monoisotopic (exact) mass is 245 g/mol. The van der Waals surface area contributed by atoms with Gasteiger partial charge in [-0.3, -0.25) is 5.73 Å². The van der Waals surface area contributed by atoms with Crippen LogP contribution >= 0.6 is 0 Å². The Morgan fingerprint density at radius 2 is 2.00 bits per heavy atom. The predicted octanol–water partition coefficient (Wildman–Crippen LogP) is -3.98. The number of anilines is 1. The quantitative estimate of drug-likeness (QED) is 0.417. The fourth-order valence-electron chi connectivity index (χ4n) is 0.601. The van der Waals surface area contributed by atoms with Crippen LogP contribution in [0.3, 0.4) is 0 Å². The molecule has 2 atom stereocenters. The molecule has 9 heteroatoms. The molecule has 0 aliphatic rings. The van der Waals surface area contributed by atoms with Crippen molar-refractivity contribution in [3.63, 3.8) is 0 Å². The minimum atomic E-state index is -2.38. The molecule has 0 amide bonds. The molecule has 1 heterocycles. The SMILES string of the molecule is Nc1nccc[nH+]1.O=C([O-])C(O)C(O)C(=O)O. The summed E-state index contributed by atoms with van der Waals surface area (Å²) >= 11 is 0. The van der Waals surface area contributed by atoms with Crippen LogP contribution in [-0.2, 0) is 9.59 Å². The first kappa shape index (κ1) is 14.7. The lowest BCUT2D eigenvalue weighted by Crippen LogP contribution is -2.46. The molecule has 0 fully saturated rings. The average molecular weight is 245 g/mol. The van der Waals surface area contributed by atoms with Crippen molar-refractivity contribution < 1.29 is 35.0 Å². The normalized spacial score (nSPS) is 12.8. The minimum Gasteiger partial charge on any atom is -0.547 e. The number of nitrogens with two attached hydrogens (primary N) is 1. The third-order valence-corrected chi connectivity index (χ3v) is 1.42. The number of aliphatic hydroxyl groups is 2. The smallest absolute Gasteiger partial charge is 0.386 e. The zero-order chi connectivity index (χ0) is 13.4. The van der Waals surface area contributed by atoms with Gasteiger partial charge >= 0.3 is 11.9 Å². The number of carbonyl (C=O) groups excluding carboxylic acids is 1. The van der Waals surface area contributed by atoms with Gasteiger partial charge in [-0.05, 0) is 0 Å². The molecule has 0 aliphatic heterocycles. The van der Waals surface area contributed by atoms with Gasteiger partial charge in [0.2, 0.25) is 0 Å². The number of aliphatic carboxylic acids is 2. The van der Waals surface area contributed by atoms with E-state index in [9.17, 15) is 14.7 Å². The Labute approximate surface area is 95.2 Å². The van der Waals surface area contributed by atoms with Crippen molar-refractivity contribution in [3.05, 3.63) is 18.5 Å². The summed E-state index contributed by atoms with van der Waals surface area (Å²) in [5.41, 5.74) is 5.19. The highest BCUT2D eigenvalue weighted by atomic mass is 16.4. The maximum atomic E-state index is 9.74. The van der Waals surface area contributed by atoms with Crippen LogP contribution in [0.15, 0.2) is 18.5 Å². The van der Waals surface area contributed by atoms with Crippen molar-refractivity contribution >= 4 is 17.9 Å². The van der Waals surface area contributed by atoms with Gasteiger partial charge in [-0.25, -0.2) is 9.78 Å². The second-order valence-corrected chi connectivity index (χ2v) is 2.71. The number of H-pyrrole nitrogens is 1. The van der Waals surface area contributed by atoms with Gasteiger partial charge in [0.25, 0.3) is 0 Å². The zero-order valence-corrected chi connectivity index (χ0v) is 8.48. The highest BCUT2D eigenvalue weighted by Crippen LogP contribution is 1.90. The maximum absolute atomic E-state index is 9.74. The summed E-state index contributed by atoms with van der Waals surface area (Å²) in [7, 11) is 0. The summed E-state index contributed by atoms with van der Waals surface area (Å²) in [6.45, 7) is 0. The lowest BCUT2D eigenvalue weighted by atomic mass is 10.2. The Kier molecular flexibility index (Phi) is 6.14. The fraction of sp³-hybridized carbons (Fsp3) is 0.250. The average Bonchev–Trinajstić information content (AvgIpc) is 2.28. The number of rotatable bonds is 3. The second-order valence-electron chi connectivity index (χ2n) is 2.71. The van der Waals surface area contributed by atoms with Gasteiger partial charge < -0.3 is 25.2 Å². The molecule has 1 aromatic rings. The van der Waals surface area contributed by atoms with Gasteiger partial charge in [0.1, 0.15) is 12.3 Å². The van der Waals surface area contributed by atoms with Gasteiger partial charge in [0.05, 0.1) is 12.2 Å². The van der Waals surface area contributed by atoms with Crippen molar-refractivity contribution in [3.8, 4) is 0 Å². The summed E-state index contributed by atoms with van der Waals surface area (Å²) in [6.07, 6.45) is -1.35. The number of nitrogen functional groups attached to an aromatic ring is 1. The van der Waals surface area contributed by atoms with E-state index >= 15 is 0 Å². The van der Waals surface area contributed by atoms with E-state index in [0.29, 0.717) is 5.95 Å². The molecular weight excluding hydrogens is 234 g/mol. The molecule has 0 saturated carbocycles. The van der Waals surface area contributed by atoms with E-state index in [0.717, 1.165) is 0 Å². The number of aromatic amines is 1. The molecule has 0 aromatic carbocycles. The summed E-state index contributed by atoms with van der Waals surface area (Å²) in [5.74, 6) is -3.38. The van der Waals surface area contributed by atoms with Crippen molar-refractivity contribution in [1.29, 1.82) is 0 Å². The summed E-state index contributed by atoms with van der Waals surface area (Å²) in [5, 5.41) is 34.1. The van der Waals surface area contributed by atoms with Crippen LogP contribution in [0.4, 0.5) is 5.95 Å². The van der Waals surface area contributed by atoms with E-state index in [-0.39, 0.29) is 0 Å². The Bertz CT molecular complexity index is 353. The predicted molar refractivity (Wildman–Crippen MR) is 49.9 cm³/mol. The largest absolute Gasteiger partial charge is 0.547 e. The van der Waals surface area contributed by atoms with E-state index in [1.807, 2.05) is 0 Å². The topological polar surface area (TPSA) is 171 Å². The Morgan fingerprint density at radius 3 is 2.18 bits per heavy atom. The number of aromatic nitrogens is 2. The molecule has 0 bridgehead atoms. The summed E-state index contributed by atoms with van der Waals surface area (Å²) < 4.78 is 0. The molecule has 2 unspecified atom stereocenters. The first-order chi connectivity index (χ1) is 7.86. The minimum absolute atomic E-state index is 0.447. The van der Waals surface area contributed by atoms with Crippen molar-refractivity contribution in [2.45, 2.75) is 12.2 Å². The molecular formula is C8H11N3O6. The van der Waals surface area contributed by atoms with Crippen molar-refractivity contribution in [1.82, 2.24) is 4.98 Å². The lowest BCUT2D eigenvalue weighted by molar-refractivity contribution is -0.364. The van der Waals surface area contributed by atoms with Crippen LogP contribution < -0.4 is 15.8 Å². The lowest BCUT2D eigenvalue weighted by Gasteiger charge is -2.13. The van der Waals surface area contributed by atoms with Crippen molar-refractivity contribution in [2.24, 2.45) is 0 Å². The molecule has 94 valence electrons. The van der Waals surface area contributed by atoms with Gasteiger partial charge in [-0.15, -0.1) is 0 Å². The Hall–Kier alpha value is -2.26.